The first-order valence-electron chi connectivity index (χ1n) is 5.58. The van der Waals surface area contributed by atoms with E-state index < -0.39 is 0 Å². The summed E-state index contributed by atoms with van der Waals surface area (Å²) in [5, 5.41) is 12.6. The summed E-state index contributed by atoms with van der Waals surface area (Å²) in [6.45, 7) is 1.78. The van der Waals surface area contributed by atoms with Crippen LogP contribution in [-0.2, 0) is 6.42 Å². The van der Waals surface area contributed by atoms with Crippen molar-refractivity contribution >= 4 is 17.3 Å². The van der Waals surface area contributed by atoms with Crippen LogP contribution in [0.15, 0.2) is 47.8 Å². The Hall–Kier alpha value is -1.87. The van der Waals surface area contributed by atoms with Gasteiger partial charge in [0.15, 0.2) is 0 Å². The van der Waals surface area contributed by atoms with E-state index in [4.69, 9.17) is 16.8 Å². The SMILES string of the molecule is CC(=NO)c1ccccc1Cc1ccc(Cl)nc1. The molecule has 0 amide bonds. The predicted molar refractivity (Wildman–Crippen MR) is 72.5 cm³/mol. The minimum absolute atomic E-state index is 0.486. The van der Waals surface area contributed by atoms with E-state index in [9.17, 15) is 0 Å². The molecule has 2 rings (SSSR count). The van der Waals surface area contributed by atoms with Crippen molar-refractivity contribution < 1.29 is 5.21 Å². The summed E-state index contributed by atoms with van der Waals surface area (Å²) < 4.78 is 0. The third kappa shape index (κ3) is 2.87. The molecule has 4 heteroatoms. The van der Waals surface area contributed by atoms with Crippen LogP contribution in [0.5, 0.6) is 0 Å². The van der Waals surface area contributed by atoms with Crippen LogP contribution in [0.2, 0.25) is 5.15 Å². The van der Waals surface area contributed by atoms with Crippen LogP contribution in [-0.4, -0.2) is 15.9 Å². The topological polar surface area (TPSA) is 45.5 Å². The summed E-state index contributed by atoms with van der Waals surface area (Å²) in [7, 11) is 0. The molecule has 1 N–H and O–H groups in total. The fourth-order valence-corrected chi connectivity index (χ4v) is 1.92. The minimum atomic E-state index is 0.486. The molecule has 0 bridgehead atoms. The molecule has 0 saturated heterocycles. The molecule has 1 aromatic heterocycles. The molecule has 2 aromatic rings. The van der Waals surface area contributed by atoms with E-state index in [-0.39, 0.29) is 0 Å². The molecular formula is C14H13ClN2O. The van der Waals surface area contributed by atoms with Crippen molar-refractivity contribution in [3.8, 4) is 0 Å². The smallest absolute Gasteiger partial charge is 0.129 e. The number of benzene rings is 1. The first-order valence-corrected chi connectivity index (χ1v) is 5.96. The quantitative estimate of drug-likeness (QED) is 0.397. The summed E-state index contributed by atoms with van der Waals surface area (Å²) in [4.78, 5) is 4.06. The van der Waals surface area contributed by atoms with Gasteiger partial charge >= 0.3 is 0 Å². The van der Waals surface area contributed by atoms with Gasteiger partial charge in [-0.2, -0.15) is 0 Å². The fourth-order valence-electron chi connectivity index (χ4n) is 1.81. The first kappa shape index (κ1) is 12.6. The summed E-state index contributed by atoms with van der Waals surface area (Å²) in [5.41, 5.74) is 3.71. The second kappa shape index (κ2) is 5.65. The molecule has 0 aliphatic rings. The average molecular weight is 261 g/mol. The molecule has 0 atom stereocenters. The molecule has 0 saturated carbocycles. The highest BCUT2D eigenvalue weighted by molar-refractivity contribution is 6.29. The normalized spacial score (nSPS) is 11.6. The number of aromatic nitrogens is 1. The maximum absolute atomic E-state index is 8.87. The van der Waals surface area contributed by atoms with E-state index in [0.29, 0.717) is 10.9 Å². The summed E-state index contributed by atoms with van der Waals surface area (Å²) >= 11 is 5.76. The zero-order valence-electron chi connectivity index (χ0n) is 9.97. The lowest BCUT2D eigenvalue weighted by Crippen LogP contribution is -2.01. The van der Waals surface area contributed by atoms with Gasteiger partial charge in [0.2, 0.25) is 0 Å². The van der Waals surface area contributed by atoms with Gasteiger partial charge in [0.1, 0.15) is 5.15 Å². The van der Waals surface area contributed by atoms with Crippen LogP contribution in [0.3, 0.4) is 0 Å². The van der Waals surface area contributed by atoms with Crippen LogP contribution in [0.1, 0.15) is 23.6 Å². The molecule has 0 radical (unpaired) electrons. The Balaban J connectivity index is 2.32. The van der Waals surface area contributed by atoms with Crippen molar-refractivity contribution in [2.45, 2.75) is 13.3 Å². The molecule has 92 valence electrons. The average Bonchev–Trinajstić information content (AvgIpc) is 2.41. The van der Waals surface area contributed by atoms with Crippen molar-refractivity contribution in [1.82, 2.24) is 4.98 Å². The van der Waals surface area contributed by atoms with E-state index >= 15 is 0 Å². The molecule has 0 spiro atoms. The zero-order chi connectivity index (χ0) is 13.0. The second-order valence-corrected chi connectivity index (χ2v) is 4.40. The van der Waals surface area contributed by atoms with E-state index in [1.54, 1.807) is 19.2 Å². The highest BCUT2D eigenvalue weighted by atomic mass is 35.5. The van der Waals surface area contributed by atoms with Gasteiger partial charge in [-0.05, 0) is 30.5 Å². The van der Waals surface area contributed by atoms with Crippen molar-refractivity contribution in [2.24, 2.45) is 5.16 Å². The lowest BCUT2D eigenvalue weighted by molar-refractivity contribution is 0.319. The Morgan fingerprint density at radius 2 is 2.06 bits per heavy atom. The van der Waals surface area contributed by atoms with Gasteiger partial charge in [-0.25, -0.2) is 4.98 Å². The highest BCUT2D eigenvalue weighted by Crippen LogP contribution is 2.16. The van der Waals surface area contributed by atoms with E-state index in [2.05, 4.69) is 10.1 Å². The molecule has 18 heavy (non-hydrogen) atoms. The number of hydrogen-bond donors (Lipinski definition) is 1. The molecule has 0 fully saturated rings. The van der Waals surface area contributed by atoms with Crippen LogP contribution in [0, 0.1) is 0 Å². The van der Waals surface area contributed by atoms with Crippen LogP contribution in [0.4, 0.5) is 0 Å². The Kier molecular flexibility index (Phi) is 3.95. The summed E-state index contributed by atoms with van der Waals surface area (Å²) in [6, 6.07) is 11.6. The standard InChI is InChI=1S/C14H13ClN2O/c1-10(17-18)13-5-3-2-4-12(13)8-11-6-7-14(15)16-9-11/h2-7,9,18H,8H2,1H3. The van der Waals surface area contributed by atoms with Crippen molar-refractivity contribution in [1.29, 1.82) is 0 Å². The van der Waals surface area contributed by atoms with Crippen LogP contribution >= 0.6 is 11.6 Å². The van der Waals surface area contributed by atoms with Crippen molar-refractivity contribution in [3.05, 3.63) is 64.4 Å². The van der Waals surface area contributed by atoms with Crippen molar-refractivity contribution in [2.75, 3.05) is 0 Å². The van der Waals surface area contributed by atoms with Gasteiger partial charge in [-0.1, -0.05) is 47.1 Å². The van der Waals surface area contributed by atoms with Gasteiger partial charge in [0.05, 0.1) is 5.71 Å². The Morgan fingerprint density at radius 3 is 2.72 bits per heavy atom. The second-order valence-electron chi connectivity index (χ2n) is 4.01. The fraction of sp³-hybridized carbons (Fsp3) is 0.143. The number of halogens is 1. The predicted octanol–water partition coefficient (Wildman–Crippen LogP) is 3.52. The molecule has 3 nitrogen and oxygen atoms in total. The lowest BCUT2D eigenvalue weighted by Gasteiger charge is -2.08. The van der Waals surface area contributed by atoms with E-state index in [0.717, 1.165) is 23.1 Å². The summed E-state index contributed by atoms with van der Waals surface area (Å²) in [6.07, 6.45) is 2.48. The monoisotopic (exact) mass is 260 g/mol. The zero-order valence-corrected chi connectivity index (χ0v) is 10.7. The Bertz CT molecular complexity index is 564. The molecule has 1 aromatic carbocycles. The van der Waals surface area contributed by atoms with E-state index in [1.165, 1.54) is 0 Å². The molecular weight excluding hydrogens is 248 g/mol. The maximum Gasteiger partial charge on any atom is 0.129 e. The number of pyridine rings is 1. The van der Waals surface area contributed by atoms with Gasteiger partial charge < -0.3 is 5.21 Å². The molecule has 1 heterocycles. The van der Waals surface area contributed by atoms with Crippen molar-refractivity contribution in [3.63, 3.8) is 0 Å². The third-order valence-electron chi connectivity index (χ3n) is 2.74. The van der Waals surface area contributed by atoms with Crippen LogP contribution < -0.4 is 0 Å². The number of oxime groups is 1. The maximum atomic E-state index is 8.87. The summed E-state index contributed by atoms with van der Waals surface area (Å²) in [5.74, 6) is 0. The van der Waals surface area contributed by atoms with Crippen LogP contribution in [0.25, 0.3) is 0 Å². The van der Waals surface area contributed by atoms with E-state index in [1.807, 2.05) is 30.3 Å². The minimum Gasteiger partial charge on any atom is -0.411 e. The molecule has 0 aliphatic carbocycles. The molecule has 0 unspecified atom stereocenters. The lowest BCUT2D eigenvalue weighted by atomic mass is 9.98. The number of hydrogen-bond acceptors (Lipinski definition) is 3. The highest BCUT2D eigenvalue weighted by Gasteiger charge is 2.06. The largest absolute Gasteiger partial charge is 0.411 e. The van der Waals surface area contributed by atoms with Gasteiger partial charge in [-0.15, -0.1) is 0 Å². The Labute approximate surface area is 111 Å². The third-order valence-corrected chi connectivity index (χ3v) is 2.96. The number of nitrogens with zero attached hydrogens (tertiary/aromatic N) is 2. The van der Waals surface area contributed by atoms with Gasteiger partial charge in [0, 0.05) is 11.8 Å². The first-order chi connectivity index (χ1) is 8.70. The molecule has 0 aliphatic heterocycles. The Morgan fingerprint density at radius 1 is 1.28 bits per heavy atom. The number of rotatable bonds is 3. The van der Waals surface area contributed by atoms with Gasteiger partial charge in [0.25, 0.3) is 0 Å². The van der Waals surface area contributed by atoms with Gasteiger partial charge in [-0.3, -0.25) is 0 Å².